The predicted octanol–water partition coefficient (Wildman–Crippen LogP) is 0.186. The van der Waals surface area contributed by atoms with Gasteiger partial charge in [0, 0.05) is 26.3 Å². The Kier molecular flexibility index (Phi) is 3.44. The molecule has 1 N–H and O–H groups in total. The largest absolute Gasteiger partial charge is 0.480 e. The summed E-state index contributed by atoms with van der Waals surface area (Å²) in [4.78, 5) is 17.6. The molecule has 1 unspecified atom stereocenters. The number of hydrogen-bond acceptors (Lipinski definition) is 4. The molecule has 0 aliphatic carbocycles. The van der Waals surface area contributed by atoms with E-state index in [-0.39, 0.29) is 0 Å². The van der Waals surface area contributed by atoms with Crippen molar-refractivity contribution in [2.45, 2.75) is 13.0 Å². The molecule has 0 saturated carbocycles. The molecular weight excluding hydrogens is 222 g/mol. The summed E-state index contributed by atoms with van der Waals surface area (Å²) in [7, 11) is 1.87. The van der Waals surface area contributed by atoms with Crippen LogP contribution in [-0.4, -0.2) is 51.8 Å². The fraction of sp³-hybridized carbons (Fsp3) is 0.636. The van der Waals surface area contributed by atoms with Crippen molar-refractivity contribution in [3.8, 4) is 0 Å². The zero-order valence-corrected chi connectivity index (χ0v) is 10.1. The third kappa shape index (κ3) is 2.48. The lowest BCUT2D eigenvalue weighted by molar-refractivity contribution is -0.145. The molecule has 1 aromatic rings. The number of aromatic nitrogens is 2. The summed E-state index contributed by atoms with van der Waals surface area (Å²) in [5.41, 5.74) is 0.597. The van der Waals surface area contributed by atoms with Crippen LogP contribution in [0.3, 0.4) is 0 Å². The Hall–Kier alpha value is -1.40. The van der Waals surface area contributed by atoms with Gasteiger partial charge in [0.1, 0.15) is 5.82 Å². The van der Waals surface area contributed by atoms with Gasteiger partial charge in [0.05, 0.1) is 18.9 Å². The first-order chi connectivity index (χ1) is 8.09. The normalized spacial score (nSPS) is 19.2. The zero-order chi connectivity index (χ0) is 12.4. The number of morpholine rings is 1. The van der Waals surface area contributed by atoms with Gasteiger partial charge in [-0.05, 0) is 6.92 Å². The first-order valence-corrected chi connectivity index (χ1v) is 5.64. The molecule has 1 aliphatic rings. The second kappa shape index (κ2) is 4.85. The van der Waals surface area contributed by atoms with Crippen LogP contribution in [0.2, 0.25) is 0 Å². The number of carboxylic acids is 1. The lowest BCUT2D eigenvalue weighted by atomic mass is 10.2. The summed E-state index contributed by atoms with van der Waals surface area (Å²) in [5.74, 6) is -0.0375. The first-order valence-electron chi connectivity index (χ1n) is 5.64. The Morgan fingerprint density at radius 1 is 1.53 bits per heavy atom. The predicted molar refractivity (Wildman–Crippen MR) is 60.7 cm³/mol. The van der Waals surface area contributed by atoms with Crippen LogP contribution in [0.5, 0.6) is 0 Å². The molecule has 1 fully saturated rings. The second-order valence-corrected chi connectivity index (χ2v) is 4.21. The minimum absolute atomic E-state index is 0.579. The van der Waals surface area contributed by atoms with Crippen molar-refractivity contribution in [3.63, 3.8) is 0 Å². The highest BCUT2D eigenvalue weighted by molar-refractivity contribution is 5.74. The molecule has 17 heavy (non-hydrogen) atoms. The number of carbonyl (C=O) groups is 1. The van der Waals surface area contributed by atoms with Gasteiger partial charge in [-0.15, -0.1) is 0 Å². The van der Waals surface area contributed by atoms with E-state index in [9.17, 15) is 9.90 Å². The highest BCUT2D eigenvalue weighted by Crippen LogP contribution is 2.21. The molecule has 0 amide bonds. The summed E-state index contributed by atoms with van der Waals surface area (Å²) in [6, 6.07) is -0.668. The van der Waals surface area contributed by atoms with E-state index in [0.29, 0.717) is 32.0 Å². The molecule has 1 aliphatic heterocycles. The number of carboxylic acid groups (broad SMARTS) is 1. The lowest BCUT2D eigenvalue weighted by Crippen LogP contribution is -2.42. The highest BCUT2D eigenvalue weighted by atomic mass is 16.5. The molecule has 0 aromatic carbocycles. The van der Waals surface area contributed by atoms with Crippen molar-refractivity contribution in [2.75, 3.05) is 26.3 Å². The summed E-state index contributed by atoms with van der Waals surface area (Å²) in [6.07, 6.45) is 1.78. The molecule has 1 atom stereocenters. The highest BCUT2D eigenvalue weighted by Gasteiger charge is 2.30. The Morgan fingerprint density at radius 3 is 2.65 bits per heavy atom. The van der Waals surface area contributed by atoms with Crippen LogP contribution in [0.4, 0.5) is 0 Å². The number of ether oxygens (including phenoxy) is 1. The summed E-state index contributed by atoms with van der Waals surface area (Å²) in [6.45, 7) is 4.28. The van der Waals surface area contributed by atoms with E-state index in [2.05, 4.69) is 4.98 Å². The Balaban J connectivity index is 2.24. The van der Waals surface area contributed by atoms with E-state index >= 15 is 0 Å². The van der Waals surface area contributed by atoms with Crippen LogP contribution in [0.15, 0.2) is 6.20 Å². The van der Waals surface area contributed by atoms with Gasteiger partial charge in [0.25, 0.3) is 0 Å². The van der Waals surface area contributed by atoms with Crippen molar-refractivity contribution in [1.82, 2.24) is 14.5 Å². The smallest absolute Gasteiger partial charge is 0.327 e. The molecule has 6 heteroatoms. The third-order valence-electron chi connectivity index (χ3n) is 3.05. The number of aliphatic carboxylic acids is 1. The quantitative estimate of drug-likeness (QED) is 0.815. The van der Waals surface area contributed by atoms with Crippen LogP contribution in [0.25, 0.3) is 0 Å². The maximum Gasteiger partial charge on any atom is 0.327 e. The number of hydrogen-bond donors (Lipinski definition) is 1. The minimum Gasteiger partial charge on any atom is -0.480 e. The summed E-state index contributed by atoms with van der Waals surface area (Å²) < 4.78 is 7.07. The second-order valence-electron chi connectivity index (χ2n) is 4.21. The standard InChI is InChI=1S/C11H17N3O3/c1-8-12-9(7-13(8)2)10(11(15)16)14-3-5-17-6-4-14/h7,10H,3-6H2,1-2H3,(H,15,16). The number of aryl methyl sites for hydroxylation is 2. The van der Waals surface area contributed by atoms with E-state index in [1.54, 1.807) is 6.20 Å². The SMILES string of the molecule is Cc1nc(C(C(=O)O)N2CCOCC2)cn1C. The first kappa shape index (κ1) is 12.1. The van der Waals surface area contributed by atoms with E-state index in [0.717, 1.165) is 5.82 Å². The van der Waals surface area contributed by atoms with Crippen LogP contribution < -0.4 is 0 Å². The zero-order valence-electron chi connectivity index (χ0n) is 10.1. The minimum atomic E-state index is -0.856. The fourth-order valence-electron chi connectivity index (χ4n) is 2.02. The van der Waals surface area contributed by atoms with E-state index in [4.69, 9.17) is 4.74 Å². The molecule has 1 aromatic heterocycles. The van der Waals surface area contributed by atoms with E-state index in [1.165, 1.54) is 0 Å². The van der Waals surface area contributed by atoms with Gasteiger partial charge in [0.15, 0.2) is 6.04 Å². The van der Waals surface area contributed by atoms with Gasteiger partial charge in [-0.3, -0.25) is 9.69 Å². The monoisotopic (exact) mass is 239 g/mol. The Bertz CT molecular complexity index is 391. The van der Waals surface area contributed by atoms with Gasteiger partial charge in [0.2, 0.25) is 0 Å². The number of imidazole rings is 1. The van der Waals surface area contributed by atoms with E-state index < -0.39 is 12.0 Å². The van der Waals surface area contributed by atoms with Crippen LogP contribution in [-0.2, 0) is 16.6 Å². The van der Waals surface area contributed by atoms with Gasteiger partial charge in [-0.25, -0.2) is 4.98 Å². The Morgan fingerprint density at radius 2 is 2.18 bits per heavy atom. The topological polar surface area (TPSA) is 67.6 Å². The van der Waals surface area contributed by atoms with Gasteiger partial charge < -0.3 is 14.4 Å². The molecule has 94 valence electrons. The Labute approximate surface area is 99.8 Å². The van der Waals surface area contributed by atoms with Crippen LogP contribution in [0, 0.1) is 6.92 Å². The molecular formula is C11H17N3O3. The molecule has 0 bridgehead atoms. The van der Waals surface area contributed by atoms with Crippen molar-refractivity contribution in [1.29, 1.82) is 0 Å². The average molecular weight is 239 g/mol. The van der Waals surface area contributed by atoms with Crippen molar-refractivity contribution in [3.05, 3.63) is 17.7 Å². The molecule has 2 rings (SSSR count). The van der Waals surface area contributed by atoms with Gasteiger partial charge in [-0.2, -0.15) is 0 Å². The molecule has 2 heterocycles. The van der Waals surface area contributed by atoms with Gasteiger partial charge in [-0.1, -0.05) is 0 Å². The number of rotatable bonds is 3. The molecule has 0 radical (unpaired) electrons. The third-order valence-corrected chi connectivity index (χ3v) is 3.05. The van der Waals surface area contributed by atoms with E-state index in [1.807, 2.05) is 23.4 Å². The van der Waals surface area contributed by atoms with Crippen LogP contribution in [0.1, 0.15) is 17.6 Å². The molecule has 0 spiro atoms. The van der Waals surface area contributed by atoms with Crippen molar-refractivity contribution < 1.29 is 14.6 Å². The maximum absolute atomic E-state index is 11.4. The number of nitrogens with zero attached hydrogens (tertiary/aromatic N) is 3. The van der Waals surface area contributed by atoms with Crippen molar-refractivity contribution in [2.24, 2.45) is 7.05 Å². The van der Waals surface area contributed by atoms with Gasteiger partial charge >= 0.3 is 5.97 Å². The van der Waals surface area contributed by atoms with Crippen LogP contribution >= 0.6 is 0 Å². The average Bonchev–Trinajstić information content (AvgIpc) is 2.60. The summed E-state index contributed by atoms with van der Waals surface area (Å²) >= 11 is 0. The molecule has 6 nitrogen and oxygen atoms in total. The lowest BCUT2D eigenvalue weighted by Gasteiger charge is -2.30. The maximum atomic E-state index is 11.4. The summed E-state index contributed by atoms with van der Waals surface area (Å²) in [5, 5.41) is 9.35. The molecule has 1 saturated heterocycles. The fourth-order valence-corrected chi connectivity index (χ4v) is 2.02. The van der Waals surface area contributed by atoms with Crippen molar-refractivity contribution >= 4 is 5.97 Å².